The van der Waals surface area contributed by atoms with E-state index in [9.17, 15) is 0 Å². The van der Waals surface area contributed by atoms with Crippen molar-refractivity contribution in [2.24, 2.45) is 0 Å². The van der Waals surface area contributed by atoms with E-state index in [1.165, 1.54) is 9.75 Å². The highest BCUT2D eigenvalue weighted by atomic mass is 32.1. The summed E-state index contributed by atoms with van der Waals surface area (Å²) in [4.78, 5) is 12.1. The van der Waals surface area contributed by atoms with Crippen LogP contribution in [-0.2, 0) is 4.74 Å². The number of pyridine rings is 1. The number of thiocarbonyl (C=S) groups is 1. The van der Waals surface area contributed by atoms with Crippen molar-refractivity contribution in [3.8, 4) is 0 Å². The molecular formula is C19H24N4OS2. The van der Waals surface area contributed by atoms with Crippen LogP contribution in [0.4, 0.5) is 0 Å². The van der Waals surface area contributed by atoms with E-state index < -0.39 is 0 Å². The highest BCUT2D eigenvalue weighted by Gasteiger charge is 2.40. The zero-order chi connectivity index (χ0) is 17.9. The number of thiophene rings is 1. The molecule has 26 heavy (non-hydrogen) atoms. The second-order valence-corrected chi connectivity index (χ2v) is 8.43. The summed E-state index contributed by atoms with van der Waals surface area (Å²) in [5.41, 5.74) is 1.04. The van der Waals surface area contributed by atoms with Crippen molar-refractivity contribution in [1.29, 1.82) is 0 Å². The van der Waals surface area contributed by atoms with Gasteiger partial charge in [0.15, 0.2) is 5.11 Å². The van der Waals surface area contributed by atoms with Gasteiger partial charge in [0.25, 0.3) is 0 Å². The molecule has 2 aromatic heterocycles. The van der Waals surface area contributed by atoms with Crippen molar-refractivity contribution in [2.45, 2.75) is 19.0 Å². The Bertz CT molecular complexity index is 745. The Labute approximate surface area is 164 Å². The topological polar surface area (TPSA) is 40.6 Å². The van der Waals surface area contributed by atoms with Gasteiger partial charge >= 0.3 is 0 Å². The van der Waals surface area contributed by atoms with E-state index in [2.05, 4.69) is 45.2 Å². The number of rotatable bonds is 5. The fraction of sp³-hybridized carbons (Fsp3) is 0.474. The van der Waals surface area contributed by atoms with Crippen LogP contribution in [-0.4, -0.2) is 59.3 Å². The van der Waals surface area contributed by atoms with E-state index in [1.807, 2.05) is 29.7 Å². The van der Waals surface area contributed by atoms with Crippen molar-refractivity contribution in [3.63, 3.8) is 0 Å². The van der Waals surface area contributed by atoms with E-state index >= 15 is 0 Å². The molecule has 2 aromatic rings. The maximum absolute atomic E-state index is 5.72. The van der Waals surface area contributed by atoms with Gasteiger partial charge in [-0.25, -0.2) is 0 Å². The number of hydrogen-bond acceptors (Lipinski definition) is 5. The average Bonchev–Trinajstić information content (AvgIpc) is 3.24. The summed E-state index contributed by atoms with van der Waals surface area (Å²) in [6.45, 7) is 7.72. The van der Waals surface area contributed by atoms with Crippen LogP contribution in [0.25, 0.3) is 0 Å². The molecule has 4 rings (SSSR count). The molecule has 0 aromatic carbocycles. The average molecular weight is 389 g/mol. The largest absolute Gasteiger partial charge is 0.379 e. The van der Waals surface area contributed by atoms with E-state index in [4.69, 9.17) is 17.0 Å². The molecule has 0 spiro atoms. The number of hydrogen-bond donors (Lipinski definition) is 1. The Kier molecular flexibility index (Phi) is 5.49. The van der Waals surface area contributed by atoms with Gasteiger partial charge < -0.3 is 15.0 Å². The first-order chi connectivity index (χ1) is 12.7. The summed E-state index contributed by atoms with van der Waals surface area (Å²) >= 11 is 7.56. The molecular weight excluding hydrogens is 364 g/mol. The minimum atomic E-state index is 0.0893. The maximum Gasteiger partial charge on any atom is 0.170 e. The van der Waals surface area contributed by atoms with Gasteiger partial charge in [-0.05, 0) is 43.4 Å². The smallest absolute Gasteiger partial charge is 0.170 e. The molecule has 0 unspecified atom stereocenters. The molecule has 2 saturated heterocycles. The SMILES string of the molecule is Cc1ccc([C@H]2[C@H](c3ccccn3)NC(=S)N2CCN2CCOCC2)s1. The molecule has 138 valence electrons. The minimum Gasteiger partial charge on any atom is -0.379 e. The molecule has 5 nitrogen and oxygen atoms in total. The van der Waals surface area contributed by atoms with Crippen LogP contribution in [0.15, 0.2) is 36.5 Å². The maximum atomic E-state index is 5.72. The lowest BCUT2D eigenvalue weighted by Crippen LogP contribution is -2.42. The lowest BCUT2D eigenvalue weighted by molar-refractivity contribution is 0.0351. The number of aromatic nitrogens is 1. The number of nitrogens with zero attached hydrogens (tertiary/aromatic N) is 3. The summed E-state index contributed by atoms with van der Waals surface area (Å²) in [5.74, 6) is 0. The predicted octanol–water partition coefficient (Wildman–Crippen LogP) is 2.76. The van der Waals surface area contributed by atoms with Gasteiger partial charge in [-0.1, -0.05) is 6.07 Å². The van der Waals surface area contributed by atoms with Crippen LogP contribution < -0.4 is 5.32 Å². The molecule has 0 radical (unpaired) electrons. The van der Waals surface area contributed by atoms with Crippen molar-refractivity contribution < 1.29 is 4.74 Å². The molecule has 2 aliphatic heterocycles. The van der Waals surface area contributed by atoms with Crippen molar-refractivity contribution in [3.05, 3.63) is 52.0 Å². The number of aryl methyl sites for hydroxylation is 1. The van der Waals surface area contributed by atoms with E-state index in [1.54, 1.807) is 0 Å². The molecule has 4 heterocycles. The quantitative estimate of drug-likeness (QED) is 0.795. The Hall–Kier alpha value is -1.54. The summed E-state index contributed by atoms with van der Waals surface area (Å²) < 4.78 is 5.46. The van der Waals surface area contributed by atoms with Crippen LogP contribution in [0, 0.1) is 6.92 Å². The Morgan fingerprint density at radius 2 is 2.08 bits per heavy atom. The highest BCUT2D eigenvalue weighted by molar-refractivity contribution is 7.80. The van der Waals surface area contributed by atoms with Crippen LogP contribution in [0.3, 0.4) is 0 Å². The predicted molar refractivity (Wildman–Crippen MR) is 108 cm³/mol. The van der Waals surface area contributed by atoms with Crippen molar-refractivity contribution in [2.75, 3.05) is 39.4 Å². The molecule has 0 amide bonds. The Morgan fingerprint density at radius 1 is 1.23 bits per heavy atom. The normalized spacial score (nSPS) is 24.0. The van der Waals surface area contributed by atoms with Crippen LogP contribution in [0.5, 0.6) is 0 Å². The molecule has 1 N–H and O–H groups in total. The van der Waals surface area contributed by atoms with Gasteiger partial charge in [-0.3, -0.25) is 9.88 Å². The van der Waals surface area contributed by atoms with Gasteiger partial charge in [0, 0.05) is 42.1 Å². The third kappa shape index (κ3) is 3.76. The number of nitrogens with one attached hydrogen (secondary N) is 1. The fourth-order valence-corrected chi connectivity index (χ4v) is 5.00. The van der Waals surface area contributed by atoms with E-state index in [0.717, 1.165) is 50.2 Å². The van der Waals surface area contributed by atoms with Crippen molar-refractivity contribution in [1.82, 2.24) is 20.1 Å². The number of ether oxygens (including phenoxy) is 1. The zero-order valence-electron chi connectivity index (χ0n) is 14.9. The van der Waals surface area contributed by atoms with Gasteiger partial charge in [-0.15, -0.1) is 11.3 Å². The zero-order valence-corrected chi connectivity index (χ0v) is 16.6. The van der Waals surface area contributed by atoms with E-state index in [0.29, 0.717) is 0 Å². The summed E-state index contributed by atoms with van der Waals surface area (Å²) in [6.07, 6.45) is 1.85. The Morgan fingerprint density at radius 3 is 2.77 bits per heavy atom. The summed E-state index contributed by atoms with van der Waals surface area (Å²) in [7, 11) is 0. The van der Waals surface area contributed by atoms with Crippen LogP contribution >= 0.6 is 23.6 Å². The molecule has 0 aliphatic carbocycles. The molecule has 2 fully saturated rings. The third-order valence-electron chi connectivity index (χ3n) is 5.01. The first kappa shape index (κ1) is 17.9. The van der Waals surface area contributed by atoms with Gasteiger partial charge in [0.1, 0.15) is 0 Å². The first-order valence-electron chi connectivity index (χ1n) is 9.07. The van der Waals surface area contributed by atoms with Gasteiger partial charge in [-0.2, -0.15) is 0 Å². The van der Waals surface area contributed by atoms with E-state index in [-0.39, 0.29) is 12.1 Å². The molecule has 0 bridgehead atoms. The molecule has 2 aliphatic rings. The second-order valence-electron chi connectivity index (χ2n) is 6.72. The first-order valence-corrected chi connectivity index (χ1v) is 10.3. The molecule has 2 atom stereocenters. The van der Waals surface area contributed by atoms with Crippen molar-refractivity contribution >= 4 is 28.7 Å². The standard InChI is InChI=1S/C19H24N4OS2/c1-14-5-6-16(26-14)18-17(15-4-2-3-7-20-15)21-19(25)23(18)9-8-22-10-12-24-13-11-22/h2-7,17-18H,8-13H2,1H3,(H,21,25)/t17-,18-/m0/s1. The van der Waals surface area contributed by atoms with Crippen LogP contribution in [0.2, 0.25) is 0 Å². The minimum absolute atomic E-state index is 0.0893. The molecule has 0 saturated carbocycles. The lowest BCUT2D eigenvalue weighted by Gasteiger charge is -2.31. The number of morpholine rings is 1. The lowest BCUT2D eigenvalue weighted by atomic mass is 10.0. The van der Waals surface area contributed by atoms with Gasteiger partial charge in [0.05, 0.1) is 31.0 Å². The molecule has 7 heteroatoms. The van der Waals surface area contributed by atoms with Crippen LogP contribution in [0.1, 0.15) is 27.5 Å². The Balaban J connectivity index is 1.57. The summed E-state index contributed by atoms with van der Waals surface area (Å²) in [5, 5.41) is 4.35. The van der Waals surface area contributed by atoms with Gasteiger partial charge in [0.2, 0.25) is 0 Å². The fourth-order valence-electron chi connectivity index (χ4n) is 3.64. The second kappa shape index (κ2) is 8.00. The third-order valence-corrected chi connectivity index (χ3v) is 6.43. The summed E-state index contributed by atoms with van der Waals surface area (Å²) in [6, 6.07) is 10.8. The monoisotopic (exact) mass is 388 g/mol. The highest BCUT2D eigenvalue weighted by Crippen LogP contribution is 2.40.